The van der Waals surface area contributed by atoms with Crippen LogP contribution in [0.3, 0.4) is 0 Å². The van der Waals surface area contributed by atoms with Crippen molar-refractivity contribution in [3.8, 4) is 34.0 Å². The lowest BCUT2D eigenvalue weighted by Gasteiger charge is -2.19. The van der Waals surface area contributed by atoms with Gasteiger partial charge in [0.15, 0.2) is 0 Å². The summed E-state index contributed by atoms with van der Waals surface area (Å²) in [5.41, 5.74) is 6.11. The molecule has 4 aromatic rings. The molecule has 3 heterocycles. The van der Waals surface area contributed by atoms with Crippen LogP contribution in [-0.2, 0) is 13.0 Å². The van der Waals surface area contributed by atoms with Gasteiger partial charge in [0.1, 0.15) is 5.82 Å². The highest BCUT2D eigenvalue weighted by Crippen LogP contribution is 2.35. The van der Waals surface area contributed by atoms with Crippen LogP contribution in [0.2, 0.25) is 0 Å². The van der Waals surface area contributed by atoms with Crippen molar-refractivity contribution in [2.75, 3.05) is 6.54 Å². The number of nitrogens with one attached hydrogen (secondary N) is 1. The lowest BCUT2D eigenvalue weighted by Crippen LogP contribution is -2.24. The van der Waals surface area contributed by atoms with Gasteiger partial charge in [-0.2, -0.15) is 4.98 Å². The molecule has 1 N–H and O–H groups in total. The molecule has 2 aromatic heterocycles. The van der Waals surface area contributed by atoms with Gasteiger partial charge in [0.2, 0.25) is 5.82 Å². The molecule has 0 atom stereocenters. The van der Waals surface area contributed by atoms with Crippen LogP contribution in [-0.4, -0.2) is 21.7 Å². The zero-order valence-electron chi connectivity index (χ0n) is 16.4. The summed E-state index contributed by atoms with van der Waals surface area (Å²) in [7, 11) is 0. The predicted octanol–water partition coefficient (Wildman–Crippen LogP) is 4.98. The Morgan fingerprint density at radius 1 is 1.00 bits per heavy atom. The summed E-state index contributed by atoms with van der Waals surface area (Å²) < 4.78 is 20.0. The van der Waals surface area contributed by atoms with Gasteiger partial charge >= 0.3 is 0 Å². The summed E-state index contributed by atoms with van der Waals surface area (Å²) in [5, 5.41) is 7.61. The van der Waals surface area contributed by atoms with E-state index in [-0.39, 0.29) is 18.2 Å². The van der Waals surface area contributed by atoms with Crippen molar-refractivity contribution in [1.29, 1.82) is 0 Å². The minimum absolute atomic E-state index is 0. The van der Waals surface area contributed by atoms with Crippen molar-refractivity contribution in [2.45, 2.75) is 19.9 Å². The number of hydrogen-bond donors (Lipinski definition) is 1. The van der Waals surface area contributed by atoms with Crippen LogP contribution in [0.25, 0.3) is 34.0 Å². The average Bonchev–Trinajstić information content (AvgIpc) is 3.23. The largest absolute Gasteiger partial charge is 0.334 e. The van der Waals surface area contributed by atoms with Gasteiger partial charge in [-0.05, 0) is 48.7 Å². The number of nitrogens with zero attached hydrogens (tertiary/aromatic N) is 3. The van der Waals surface area contributed by atoms with Crippen molar-refractivity contribution in [1.82, 2.24) is 20.4 Å². The van der Waals surface area contributed by atoms with Gasteiger partial charge in [-0.3, -0.25) is 4.98 Å². The second-order valence-electron chi connectivity index (χ2n) is 7.10. The number of pyridine rings is 1. The highest BCUT2D eigenvalue weighted by Gasteiger charge is 2.22. The number of hydrogen-bond acceptors (Lipinski definition) is 5. The van der Waals surface area contributed by atoms with Crippen LogP contribution in [0, 0.1) is 12.7 Å². The Balaban J connectivity index is 0.00000218. The summed E-state index contributed by atoms with van der Waals surface area (Å²) in [5.74, 6) is 0.598. The van der Waals surface area contributed by atoms with E-state index in [1.807, 2.05) is 43.5 Å². The van der Waals surface area contributed by atoms with Gasteiger partial charge in [0.25, 0.3) is 5.89 Å². The monoisotopic (exact) mass is 422 g/mol. The van der Waals surface area contributed by atoms with E-state index in [0.29, 0.717) is 22.8 Å². The molecule has 0 saturated heterocycles. The topological polar surface area (TPSA) is 63.8 Å². The van der Waals surface area contributed by atoms with Crippen LogP contribution < -0.4 is 5.32 Å². The number of halogens is 2. The van der Waals surface area contributed by atoms with Crippen LogP contribution >= 0.6 is 12.4 Å². The van der Waals surface area contributed by atoms with Crippen molar-refractivity contribution in [2.24, 2.45) is 0 Å². The summed E-state index contributed by atoms with van der Waals surface area (Å²) in [6, 6.07) is 14.2. The molecule has 152 valence electrons. The van der Waals surface area contributed by atoms with Crippen LogP contribution in [0.4, 0.5) is 4.39 Å². The molecule has 30 heavy (non-hydrogen) atoms. The summed E-state index contributed by atoms with van der Waals surface area (Å²) in [4.78, 5) is 9.19. The quantitative estimate of drug-likeness (QED) is 0.504. The maximum absolute atomic E-state index is 14.4. The Morgan fingerprint density at radius 2 is 1.73 bits per heavy atom. The van der Waals surface area contributed by atoms with E-state index >= 15 is 0 Å². The predicted molar refractivity (Wildman–Crippen MR) is 116 cm³/mol. The molecule has 5 nitrogen and oxygen atoms in total. The molecule has 1 aliphatic rings. The van der Waals surface area contributed by atoms with Gasteiger partial charge in [0.05, 0.1) is 0 Å². The Morgan fingerprint density at radius 3 is 2.53 bits per heavy atom. The SMILES string of the molecule is Cc1ncc2c(c1-c1noc(-c3ccccc3-c3ccccc3F)n1)CCNC2.Cl. The maximum atomic E-state index is 14.4. The molecule has 7 heteroatoms. The minimum atomic E-state index is -0.288. The molecule has 0 saturated carbocycles. The van der Waals surface area contributed by atoms with Gasteiger partial charge in [-0.25, -0.2) is 4.39 Å². The number of benzene rings is 2. The van der Waals surface area contributed by atoms with Crippen molar-refractivity contribution in [3.63, 3.8) is 0 Å². The fourth-order valence-corrected chi connectivity index (χ4v) is 3.89. The third-order valence-electron chi connectivity index (χ3n) is 5.30. The number of aryl methyl sites for hydroxylation is 1. The third-order valence-corrected chi connectivity index (χ3v) is 5.30. The molecule has 0 bridgehead atoms. The number of aromatic nitrogens is 3. The fraction of sp³-hybridized carbons (Fsp3) is 0.174. The van der Waals surface area contributed by atoms with E-state index in [2.05, 4.69) is 20.4 Å². The van der Waals surface area contributed by atoms with Crippen molar-refractivity contribution in [3.05, 3.63) is 77.4 Å². The van der Waals surface area contributed by atoms with Gasteiger partial charge in [-0.15, -0.1) is 12.4 Å². The Kier molecular flexibility index (Phi) is 5.61. The average molecular weight is 423 g/mol. The molecule has 0 radical (unpaired) electrons. The molecule has 0 fully saturated rings. The zero-order valence-corrected chi connectivity index (χ0v) is 17.2. The highest BCUT2D eigenvalue weighted by molar-refractivity contribution is 5.85. The lowest BCUT2D eigenvalue weighted by atomic mass is 9.95. The molecule has 0 aliphatic carbocycles. The standard InChI is InChI=1S/C23H19FN4O.ClH/c1-14-21(16-10-11-25-12-15(16)13-26-14)22-27-23(29-28-22)19-8-3-2-6-17(19)18-7-4-5-9-20(18)24;/h2-9,13,25H,10-12H2,1H3;1H. The minimum Gasteiger partial charge on any atom is -0.334 e. The number of fused-ring (bicyclic) bond motifs is 1. The summed E-state index contributed by atoms with van der Waals surface area (Å²) in [6.45, 7) is 3.65. The van der Waals surface area contributed by atoms with E-state index in [1.165, 1.54) is 11.6 Å². The molecule has 1 aliphatic heterocycles. The van der Waals surface area contributed by atoms with Crippen molar-refractivity contribution < 1.29 is 8.91 Å². The van der Waals surface area contributed by atoms with Gasteiger partial charge in [-0.1, -0.05) is 41.6 Å². The maximum Gasteiger partial charge on any atom is 0.258 e. The first-order valence-electron chi connectivity index (χ1n) is 9.59. The van der Waals surface area contributed by atoms with E-state index in [4.69, 9.17) is 4.52 Å². The van der Waals surface area contributed by atoms with E-state index in [9.17, 15) is 4.39 Å². The van der Waals surface area contributed by atoms with Gasteiger partial charge < -0.3 is 9.84 Å². The smallest absolute Gasteiger partial charge is 0.258 e. The molecule has 5 rings (SSSR count). The summed E-state index contributed by atoms with van der Waals surface area (Å²) >= 11 is 0. The van der Waals surface area contributed by atoms with E-state index in [1.54, 1.807) is 12.1 Å². The second-order valence-corrected chi connectivity index (χ2v) is 7.10. The molecule has 0 spiro atoms. The third kappa shape index (κ3) is 3.49. The number of rotatable bonds is 3. The molecular formula is C23H20ClFN4O. The Hall–Kier alpha value is -3.09. The first kappa shape index (κ1) is 20.2. The lowest BCUT2D eigenvalue weighted by molar-refractivity contribution is 0.432. The molecule has 0 unspecified atom stereocenters. The zero-order chi connectivity index (χ0) is 19.8. The molecule has 0 amide bonds. The first-order chi connectivity index (χ1) is 14.2. The summed E-state index contributed by atoms with van der Waals surface area (Å²) in [6.07, 6.45) is 2.80. The van der Waals surface area contributed by atoms with Gasteiger partial charge in [0, 0.05) is 35.1 Å². The second kappa shape index (κ2) is 8.34. The normalized spacial score (nSPS) is 12.9. The van der Waals surface area contributed by atoms with Crippen molar-refractivity contribution >= 4 is 12.4 Å². The fourth-order valence-electron chi connectivity index (χ4n) is 3.89. The Bertz CT molecular complexity index is 1210. The van der Waals surface area contributed by atoms with Crippen LogP contribution in [0.15, 0.2) is 59.3 Å². The van der Waals surface area contributed by atoms with E-state index < -0.39 is 0 Å². The van der Waals surface area contributed by atoms with E-state index in [0.717, 1.165) is 41.9 Å². The molecule has 2 aromatic carbocycles. The highest BCUT2D eigenvalue weighted by atomic mass is 35.5. The molecular weight excluding hydrogens is 403 g/mol. The van der Waals surface area contributed by atoms with Crippen LogP contribution in [0.1, 0.15) is 16.8 Å². The first-order valence-corrected chi connectivity index (χ1v) is 9.59. The Labute approximate surface area is 179 Å². The van der Waals surface area contributed by atoms with Crippen LogP contribution in [0.5, 0.6) is 0 Å².